The lowest BCUT2D eigenvalue weighted by Crippen LogP contribution is -2.29. The van der Waals surface area contributed by atoms with E-state index in [9.17, 15) is 0 Å². The van der Waals surface area contributed by atoms with Gasteiger partial charge in [-0.05, 0) is 60.6 Å². The fourth-order valence-corrected chi connectivity index (χ4v) is 4.51. The topological polar surface area (TPSA) is 27.3 Å². The highest BCUT2D eigenvalue weighted by molar-refractivity contribution is 5.84. The third kappa shape index (κ3) is 1.66. The van der Waals surface area contributed by atoms with Crippen molar-refractivity contribution in [3.8, 4) is 0 Å². The number of nitrogens with one attached hydrogen (secondary N) is 2. The molecule has 5 rings (SSSR count). The molecule has 3 aliphatic rings. The molecule has 3 unspecified atom stereocenters. The molecule has 3 nitrogen and oxygen atoms in total. The zero-order chi connectivity index (χ0) is 14.7. The molecule has 2 bridgehead atoms. The minimum Gasteiger partial charge on any atom is -0.363 e. The van der Waals surface area contributed by atoms with Gasteiger partial charge in [0.2, 0.25) is 0 Å². The maximum Gasteiger partial charge on any atom is 0.101 e. The van der Waals surface area contributed by atoms with E-state index in [-0.39, 0.29) is 0 Å². The van der Waals surface area contributed by atoms with E-state index in [0.29, 0.717) is 18.0 Å². The monoisotopic (exact) mass is 291 g/mol. The normalized spacial score (nSPS) is 28.2. The zero-order valence-corrected chi connectivity index (χ0v) is 12.8. The summed E-state index contributed by atoms with van der Waals surface area (Å²) >= 11 is 0. The predicted molar refractivity (Wildman–Crippen MR) is 91.1 cm³/mol. The van der Waals surface area contributed by atoms with Gasteiger partial charge in [0.05, 0.1) is 11.4 Å². The first-order valence-corrected chi connectivity index (χ1v) is 8.30. The van der Waals surface area contributed by atoms with Crippen LogP contribution in [0.3, 0.4) is 0 Å². The number of para-hydroxylation sites is 1. The summed E-state index contributed by atoms with van der Waals surface area (Å²) in [6.45, 7) is 4.51. The van der Waals surface area contributed by atoms with E-state index in [1.807, 2.05) is 0 Å². The summed E-state index contributed by atoms with van der Waals surface area (Å²) in [5.41, 5.74) is 7.04. The molecule has 0 saturated carbocycles. The van der Waals surface area contributed by atoms with Crippen molar-refractivity contribution >= 4 is 17.1 Å². The van der Waals surface area contributed by atoms with Gasteiger partial charge in [-0.3, -0.25) is 0 Å². The fourth-order valence-electron chi connectivity index (χ4n) is 4.51. The smallest absolute Gasteiger partial charge is 0.101 e. The average molecular weight is 291 g/mol. The average Bonchev–Trinajstić information content (AvgIpc) is 3.00. The maximum absolute atomic E-state index is 3.66. The van der Waals surface area contributed by atoms with E-state index >= 15 is 0 Å². The van der Waals surface area contributed by atoms with Gasteiger partial charge in [-0.1, -0.05) is 18.2 Å². The molecular weight excluding hydrogens is 270 g/mol. The van der Waals surface area contributed by atoms with Gasteiger partial charge in [-0.2, -0.15) is 0 Å². The molecule has 0 spiro atoms. The first-order chi connectivity index (χ1) is 10.8. The molecule has 0 aromatic heterocycles. The lowest BCUT2D eigenvalue weighted by molar-refractivity contribution is 0.454. The van der Waals surface area contributed by atoms with Crippen molar-refractivity contribution in [3.05, 3.63) is 53.6 Å². The largest absolute Gasteiger partial charge is 0.363 e. The second-order valence-corrected chi connectivity index (χ2v) is 6.81. The van der Waals surface area contributed by atoms with Crippen LogP contribution in [0.4, 0.5) is 17.1 Å². The Morgan fingerprint density at radius 2 is 1.73 bits per heavy atom. The van der Waals surface area contributed by atoms with Crippen molar-refractivity contribution in [2.45, 2.75) is 31.3 Å². The van der Waals surface area contributed by atoms with Gasteiger partial charge >= 0.3 is 0 Å². The molecule has 2 N–H and O–H groups in total. The molecule has 0 amide bonds. The van der Waals surface area contributed by atoms with Crippen LogP contribution in [-0.4, -0.2) is 19.3 Å². The van der Waals surface area contributed by atoms with Crippen molar-refractivity contribution in [3.63, 3.8) is 0 Å². The first kappa shape index (κ1) is 12.5. The Kier molecular flexibility index (Phi) is 2.56. The second kappa shape index (κ2) is 4.50. The molecular formula is C19H21N3. The van der Waals surface area contributed by atoms with E-state index < -0.39 is 0 Å². The van der Waals surface area contributed by atoms with Crippen LogP contribution in [0.15, 0.2) is 42.5 Å². The van der Waals surface area contributed by atoms with Crippen LogP contribution in [0.2, 0.25) is 0 Å². The summed E-state index contributed by atoms with van der Waals surface area (Å²) in [6, 6.07) is 15.6. The van der Waals surface area contributed by atoms with Crippen LogP contribution in [0.5, 0.6) is 0 Å². The maximum atomic E-state index is 3.66. The number of benzene rings is 2. The Bertz CT molecular complexity index is 725. The third-order valence-electron chi connectivity index (χ3n) is 5.48. The number of rotatable bonds is 1. The molecule has 2 aromatic rings. The van der Waals surface area contributed by atoms with Crippen molar-refractivity contribution in [2.24, 2.45) is 0 Å². The summed E-state index contributed by atoms with van der Waals surface area (Å²) in [5, 5.41) is 7.25. The predicted octanol–water partition coefficient (Wildman–Crippen LogP) is 3.77. The first-order valence-electron chi connectivity index (χ1n) is 8.30. The quantitative estimate of drug-likeness (QED) is 0.837. The van der Waals surface area contributed by atoms with Crippen molar-refractivity contribution in [1.29, 1.82) is 0 Å². The van der Waals surface area contributed by atoms with Gasteiger partial charge in [0.1, 0.15) is 6.17 Å². The molecule has 3 heteroatoms. The molecule has 2 heterocycles. The highest BCUT2D eigenvalue weighted by atomic mass is 15.3. The molecule has 1 saturated heterocycles. The Morgan fingerprint density at radius 3 is 2.50 bits per heavy atom. The van der Waals surface area contributed by atoms with Crippen LogP contribution in [0, 0.1) is 0 Å². The minimum atomic E-state index is 0.304. The number of nitrogens with zero attached hydrogens (tertiary/aromatic N) is 1. The highest BCUT2D eigenvalue weighted by Gasteiger charge is 2.37. The van der Waals surface area contributed by atoms with E-state index in [4.69, 9.17) is 0 Å². The van der Waals surface area contributed by atoms with Gasteiger partial charge in [-0.25, -0.2) is 0 Å². The standard InChI is InChI=1S/C19H21N3/c1-12-21-18-8-16-13-7-14(11-20-10-13)17(16)9-19(18)22(12)15-5-3-2-4-6-15/h2-6,8-9,12-14,20-21H,7,10-11H2,1H3. The molecule has 22 heavy (non-hydrogen) atoms. The Morgan fingerprint density at radius 1 is 1.00 bits per heavy atom. The van der Waals surface area contributed by atoms with Crippen LogP contribution < -0.4 is 15.5 Å². The number of fused-ring (bicyclic) bond motifs is 6. The Hall–Kier alpha value is -2.00. The summed E-state index contributed by atoms with van der Waals surface area (Å²) in [5.74, 6) is 1.41. The van der Waals surface area contributed by atoms with Crippen LogP contribution >= 0.6 is 0 Å². The van der Waals surface area contributed by atoms with Gasteiger partial charge in [-0.15, -0.1) is 0 Å². The Labute approximate surface area is 131 Å². The van der Waals surface area contributed by atoms with Crippen LogP contribution in [0.1, 0.15) is 36.3 Å². The lowest BCUT2D eigenvalue weighted by Gasteiger charge is -2.24. The van der Waals surface area contributed by atoms with E-state index in [2.05, 4.69) is 64.9 Å². The second-order valence-electron chi connectivity index (χ2n) is 6.81. The molecule has 2 aliphatic heterocycles. The SMILES string of the molecule is CC1Nc2cc3c(cc2N1c1ccccc1)C1CNCC3C1. The fraction of sp³-hybridized carbons (Fsp3) is 0.368. The van der Waals surface area contributed by atoms with Crippen molar-refractivity contribution in [1.82, 2.24) is 5.32 Å². The summed E-state index contributed by atoms with van der Waals surface area (Å²) in [6.07, 6.45) is 1.63. The molecule has 0 radical (unpaired) electrons. The van der Waals surface area contributed by atoms with E-state index in [1.165, 1.54) is 23.5 Å². The molecule has 3 atom stereocenters. The third-order valence-corrected chi connectivity index (χ3v) is 5.48. The summed E-state index contributed by atoms with van der Waals surface area (Å²) < 4.78 is 0. The van der Waals surface area contributed by atoms with Crippen LogP contribution in [-0.2, 0) is 0 Å². The van der Waals surface area contributed by atoms with Gasteiger partial charge in [0.15, 0.2) is 0 Å². The van der Waals surface area contributed by atoms with Crippen molar-refractivity contribution < 1.29 is 0 Å². The molecule has 1 fully saturated rings. The molecule has 112 valence electrons. The van der Waals surface area contributed by atoms with Gasteiger partial charge in [0.25, 0.3) is 0 Å². The molecule has 2 aromatic carbocycles. The number of piperidine rings is 1. The number of hydrogen-bond acceptors (Lipinski definition) is 3. The lowest BCUT2D eigenvalue weighted by atomic mass is 9.98. The van der Waals surface area contributed by atoms with Gasteiger partial charge < -0.3 is 15.5 Å². The van der Waals surface area contributed by atoms with Crippen LogP contribution in [0.25, 0.3) is 0 Å². The Balaban J connectivity index is 1.64. The summed E-state index contributed by atoms with van der Waals surface area (Å²) in [7, 11) is 0. The van der Waals surface area contributed by atoms with E-state index in [1.54, 1.807) is 11.1 Å². The number of anilines is 3. The van der Waals surface area contributed by atoms with Crippen molar-refractivity contribution in [2.75, 3.05) is 23.3 Å². The van der Waals surface area contributed by atoms with E-state index in [0.717, 1.165) is 13.1 Å². The number of hydrogen-bond donors (Lipinski definition) is 2. The minimum absolute atomic E-state index is 0.304. The van der Waals surface area contributed by atoms with Gasteiger partial charge in [0, 0.05) is 18.8 Å². The molecule has 1 aliphatic carbocycles. The summed E-state index contributed by atoms with van der Waals surface area (Å²) in [4.78, 5) is 2.42. The zero-order valence-electron chi connectivity index (χ0n) is 12.8. The highest BCUT2D eigenvalue weighted by Crippen LogP contribution is 2.50.